The molecule has 2 aromatic rings. The van der Waals surface area contributed by atoms with Gasteiger partial charge in [0, 0.05) is 49.5 Å². The summed E-state index contributed by atoms with van der Waals surface area (Å²) in [4.78, 5) is 43.4. The Morgan fingerprint density at radius 1 is 1.10 bits per heavy atom. The number of carbonyl (C=O) groups is 3. The van der Waals surface area contributed by atoms with Crippen molar-refractivity contribution in [1.82, 2.24) is 15.1 Å². The predicted molar refractivity (Wildman–Crippen MR) is 116 cm³/mol. The van der Waals surface area contributed by atoms with E-state index in [2.05, 4.69) is 15.5 Å². The highest BCUT2D eigenvalue weighted by atomic mass is 16.2. The number of nitrogens with one attached hydrogen (secondary N) is 2. The normalized spacial score (nSPS) is 27.0. The monoisotopic (exact) mass is 418 g/mol. The molecule has 3 aliphatic heterocycles. The summed E-state index contributed by atoms with van der Waals surface area (Å²) >= 11 is 0. The number of hydrogen-bond donors (Lipinski definition) is 2. The van der Waals surface area contributed by atoms with Crippen LogP contribution in [0.1, 0.15) is 27.9 Å². The third-order valence-corrected chi connectivity index (χ3v) is 7.03. The highest BCUT2D eigenvalue weighted by Gasteiger charge is 2.65. The predicted octanol–water partition coefficient (Wildman–Crippen LogP) is 1.73. The summed E-state index contributed by atoms with van der Waals surface area (Å²) in [5.41, 5.74) is 2.37. The number of benzene rings is 2. The Hall–Kier alpha value is -3.19. The van der Waals surface area contributed by atoms with Crippen molar-refractivity contribution in [3.8, 4) is 0 Å². The first-order valence-electron chi connectivity index (χ1n) is 10.7. The minimum absolute atomic E-state index is 0.00614. The van der Waals surface area contributed by atoms with E-state index in [0.29, 0.717) is 31.6 Å². The van der Waals surface area contributed by atoms with E-state index in [9.17, 15) is 14.4 Å². The van der Waals surface area contributed by atoms with Crippen LogP contribution in [0, 0.1) is 12.8 Å². The number of amides is 3. The van der Waals surface area contributed by atoms with Crippen molar-refractivity contribution < 1.29 is 14.4 Å². The zero-order valence-electron chi connectivity index (χ0n) is 17.7. The Morgan fingerprint density at radius 2 is 1.84 bits per heavy atom. The number of fused-ring (bicyclic) bond motifs is 4. The maximum absolute atomic E-state index is 13.4. The molecule has 2 saturated heterocycles. The summed E-state index contributed by atoms with van der Waals surface area (Å²) in [5, 5.41) is 5.75. The molecule has 0 radical (unpaired) electrons. The zero-order chi connectivity index (χ0) is 21.8. The van der Waals surface area contributed by atoms with Crippen molar-refractivity contribution in [3.63, 3.8) is 0 Å². The van der Waals surface area contributed by atoms with Crippen molar-refractivity contribution >= 4 is 23.4 Å². The van der Waals surface area contributed by atoms with Crippen LogP contribution in [-0.2, 0) is 15.1 Å². The Bertz CT molecular complexity index is 1070. The average molecular weight is 418 g/mol. The molecule has 5 rings (SSSR count). The second kappa shape index (κ2) is 7.20. The molecule has 3 atom stereocenters. The number of anilines is 1. The molecule has 3 aliphatic rings. The van der Waals surface area contributed by atoms with E-state index in [4.69, 9.17) is 0 Å². The van der Waals surface area contributed by atoms with Crippen LogP contribution >= 0.6 is 0 Å². The Labute approximate surface area is 181 Å². The maximum Gasteiger partial charge on any atom is 0.253 e. The molecule has 7 nitrogen and oxygen atoms in total. The quantitative estimate of drug-likeness (QED) is 0.778. The van der Waals surface area contributed by atoms with E-state index < -0.39 is 11.5 Å². The van der Waals surface area contributed by atoms with Gasteiger partial charge in [0.05, 0.1) is 5.92 Å². The van der Waals surface area contributed by atoms with Gasteiger partial charge in [0.2, 0.25) is 11.8 Å². The van der Waals surface area contributed by atoms with Crippen molar-refractivity contribution in [1.29, 1.82) is 0 Å². The Kier molecular flexibility index (Phi) is 4.59. The van der Waals surface area contributed by atoms with Crippen LogP contribution in [-0.4, -0.2) is 60.2 Å². The van der Waals surface area contributed by atoms with E-state index >= 15 is 0 Å². The van der Waals surface area contributed by atoms with Gasteiger partial charge in [-0.2, -0.15) is 0 Å². The third kappa shape index (κ3) is 2.80. The van der Waals surface area contributed by atoms with Gasteiger partial charge in [0.25, 0.3) is 5.91 Å². The first-order chi connectivity index (χ1) is 15.0. The molecule has 3 heterocycles. The lowest BCUT2D eigenvalue weighted by Crippen LogP contribution is -2.61. The van der Waals surface area contributed by atoms with Gasteiger partial charge in [-0.25, -0.2) is 0 Å². The molecule has 160 valence electrons. The fraction of sp³-hybridized carbons (Fsp3) is 0.375. The minimum atomic E-state index is -1.03. The maximum atomic E-state index is 13.4. The van der Waals surface area contributed by atoms with Gasteiger partial charge in [0.1, 0.15) is 5.54 Å². The second-order valence-electron chi connectivity index (χ2n) is 8.63. The first kappa shape index (κ1) is 19.8. The molecular weight excluding hydrogens is 392 g/mol. The van der Waals surface area contributed by atoms with Crippen molar-refractivity contribution in [2.45, 2.75) is 24.9 Å². The SMILES string of the molecule is CNC(=O)[C@@H]1C[C@@H]2CN(C(=O)c3ccc(C)cc3)CCN2[C@@]12C(=O)Nc1ccccc12. The smallest absolute Gasteiger partial charge is 0.253 e. The van der Waals surface area contributed by atoms with Crippen LogP contribution in [0.25, 0.3) is 0 Å². The Morgan fingerprint density at radius 3 is 2.58 bits per heavy atom. The first-order valence-corrected chi connectivity index (χ1v) is 10.7. The molecule has 2 N–H and O–H groups in total. The highest BCUT2D eigenvalue weighted by Crippen LogP contribution is 2.53. The Balaban J connectivity index is 1.49. The van der Waals surface area contributed by atoms with E-state index in [1.165, 1.54) is 0 Å². The molecule has 1 spiro atoms. The van der Waals surface area contributed by atoms with Crippen LogP contribution in [0.15, 0.2) is 48.5 Å². The third-order valence-electron chi connectivity index (χ3n) is 7.03. The van der Waals surface area contributed by atoms with E-state index in [1.54, 1.807) is 7.05 Å². The molecule has 31 heavy (non-hydrogen) atoms. The second-order valence-corrected chi connectivity index (χ2v) is 8.63. The number of rotatable bonds is 2. The molecule has 3 amide bonds. The van der Waals surface area contributed by atoms with E-state index in [1.807, 2.05) is 60.4 Å². The zero-order valence-corrected chi connectivity index (χ0v) is 17.7. The summed E-state index contributed by atoms with van der Waals surface area (Å²) in [6.07, 6.45) is 0.527. The molecule has 0 saturated carbocycles. The number of nitrogens with zero attached hydrogens (tertiary/aromatic N) is 2. The molecule has 7 heteroatoms. The van der Waals surface area contributed by atoms with Crippen LogP contribution in [0.3, 0.4) is 0 Å². The topological polar surface area (TPSA) is 81.8 Å². The molecule has 0 aromatic heterocycles. The van der Waals surface area contributed by atoms with Crippen LogP contribution in [0.4, 0.5) is 5.69 Å². The molecular formula is C24H26N4O3. The van der Waals surface area contributed by atoms with Gasteiger partial charge >= 0.3 is 0 Å². The summed E-state index contributed by atoms with van der Waals surface area (Å²) in [5.74, 6) is -0.810. The lowest BCUT2D eigenvalue weighted by atomic mass is 9.78. The number of hydrogen-bond acceptors (Lipinski definition) is 4. The fourth-order valence-electron chi connectivity index (χ4n) is 5.59. The molecule has 0 unspecified atom stereocenters. The molecule has 0 bridgehead atoms. The van der Waals surface area contributed by atoms with Crippen LogP contribution in [0.2, 0.25) is 0 Å². The fourth-order valence-corrected chi connectivity index (χ4v) is 5.59. The standard InChI is InChI=1S/C24H26N4O3/c1-15-7-9-16(10-8-15)22(30)27-11-12-28-17(14-27)13-19(21(29)25-2)24(28)18-5-3-4-6-20(18)26-23(24)31/h3-10,17,19H,11-14H2,1-2H3,(H,25,29)(H,26,31)/t17-,19+,24-/m1/s1. The molecule has 2 aromatic carbocycles. The van der Waals surface area contributed by atoms with Gasteiger partial charge in [-0.15, -0.1) is 0 Å². The summed E-state index contributed by atoms with van der Waals surface area (Å²) in [6.45, 7) is 3.55. The minimum Gasteiger partial charge on any atom is -0.359 e. The molecule has 0 aliphatic carbocycles. The van der Waals surface area contributed by atoms with Gasteiger partial charge in [-0.1, -0.05) is 35.9 Å². The van der Waals surface area contributed by atoms with Crippen molar-refractivity contribution in [2.75, 3.05) is 32.0 Å². The average Bonchev–Trinajstić information content (AvgIpc) is 3.29. The lowest BCUT2D eigenvalue weighted by Gasteiger charge is -2.44. The largest absolute Gasteiger partial charge is 0.359 e. The number of aryl methyl sites for hydroxylation is 1. The van der Waals surface area contributed by atoms with Gasteiger partial charge < -0.3 is 15.5 Å². The van der Waals surface area contributed by atoms with Crippen LogP contribution < -0.4 is 10.6 Å². The van der Waals surface area contributed by atoms with Gasteiger partial charge in [-0.3, -0.25) is 19.3 Å². The number of carbonyl (C=O) groups excluding carboxylic acids is 3. The number of piperazine rings is 1. The summed E-state index contributed by atoms with van der Waals surface area (Å²) < 4.78 is 0. The van der Waals surface area contributed by atoms with E-state index in [0.717, 1.165) is 16.8 Å². The van der Waals surface area contributed by atoms with Crippen molar-refractivity contribution in [2.24, 2.45) is 5.92 Å². The summed E-state index contributed by atoms with van der Waals surface area (Å²) in [6, 6.07) is 15.1. The molecule has 2 fully saturated rings. The van der Waals surface area contributed by atoms with Gasteiger partial charge in [0.15, 0.2) is 0 Å². The number of para-hydroxylation sites is 1. The lowest BCUT2D eigenvalue weighted by molar-refractivity contribution is -0.138. The van der Waals surface area contributed by atoms with Crippen molar-refractivity contribution in [3.05, 3.63) is 65.2 Å². The van der Waals surface area contributed by atoms with E-state index in [-0.39, 0.29) is 23.8 Å². The van der Waals surface area contributed by atoms with Crippen LogP contribution in [0.5, 0.6) is 0 Å². The van der Waals surface area contributed by atoms with Gasteiger partial charge in [-0.05, 0) is 31.5 Å². The highest BCUT2D eigenvalue weighted by molar-refractivity contribution is 6.09. The summed E-state index contributed by atoms with van der Waals surface area (Å²) in [7, 11) is 1.61.